The normalized spacial score (nSPS) is 11.1. The van der Waals surface area contributed by atoms with Gasteiger partial charge in [0.15, 0.2) is 0 Å². The highest BCUT2D eigenvalue weighted by Crippen LogP contribution is 2.32. The van der Waals surface area contributed by atoms with E-state index in [4.69, 9.17) is 4.74 Å². The second-order valence-electron chi connectivity index (χ2n) is 6.14. The van der Waals surface area contributed by atoms with Crippen molar-refractivity contribution in [3.8, 4) is 17.2 Å². The summed E-state index contributed by atoms with van der Waals surface area (Å²) in [5.41, 5.74) is 3.12. The summed E-state index contributed by atoms with van der Waals surface area (Å²) in [4.78, 5) is 4.63. The number of fused-ring (bicyclic) bond motifs is 3. The van der Waals surface area contributed by atoms with Crippen molar-refractivity contribution in [3.05, 3.63) is 97.2 Å². The summed E-state index contributed by atoms with van der Waals surface area (Å²) in [5.74, 6) is 1.63. The smallest absolute Gasteiger partial charge is 0.145 e. The highest BCUT2D eigenvalue weighted by Gasteiger charge is 2.12. The zero-order valence-electron chi connectivity index (χ0n) is 14.0. The third-order valence-corrected chi connectivity index (χ3v) is 4.49. The minimum absolute atomic E-state index is 0.801. The summed E-state index contributed by atoms with van der Waals surface area (Å²) in [6.07, 6.45) is 1.84. The molecular weight excluding hydrogens is 320 g/mol. The topological polar surface area (TPSA) is 27.1 Å². The molecule has 3 heteroatoms. The van der Waals surface area contributed by atoms with Gasteiger partial charge in [-0.1, -0.05) is 42.5 Å². The fourth-order valence-electron chi connectivity index (χ4n) is 3.37. The van der Waals surface area contributed by atoms with Crippen LogP contribution in [0.4, 0.5) is 0 Å². The van der Waals surface area contributed by atoms with Crippen molar-refractivity contribution in [2.24, 2.45) is 0 Å². The largest absolute Gasteiger partial charge is 0.457 e. The number of aromatic nitrogens is 2. The van der Waals surface area contributed by atoms with Crippen LogP contribution in [-0.4, -0.2) is 9.55 Å². The van der Waals surface area contributed by atoms with Crippen molar-refractivity contribution in [3.63, 3.8) is 0 Å². The van der Waals surface area contributed by atoms with E-state index in [1.807, 2.05) is 60.8 Å². The first-order chi connectivity index (χ1) is 12.9. The van der Waals surface area contributed by atoms with Crippen molar-refractivity contribution in [2.45, 2.75) is 0 Å². The molecule has 0 aliphatic rings. The average Bonchev–Trinajstić information content (AvgIpc) is 3.04. The minimum atomic E-state index is 0.801. The molecule has 0 spiro atoms. The fraction of sp³-hybridized carbons (Fsp3) is 0. The number of rotatable bonds is 3. The van der Waals surface area contributed by atoms with Gasteiger partial charge in [0.2, 0.25) is 0 Å². The lowest BCUT2D eigenvalue weighted by molar-refractivity contribution is 0.482. The van der Waals surface area contributed by atoms with Gasteiger partial charge in [0.05, 0.1) is 11.2 Å². The number of para-hydroxylation sites is 2. The van der Waals surface area contributed by atoms with E-state index in [1.165, 1.54) is 5.39 Å². The van der Waals surface area contributed by atoms with Crippen LogP contribution in [0.25, 0.3) is 27.6 Å². The van der Waals surface area contributed by atoms with Gasteiger partial charge in [0, 0.05) is 23.0 Å². The van der Waals surface area contributed by atoms with E-state index in [0.29, 0.717) is 0 Å². The zero-order valence-corrected chi connectivity index (χ0v) is 14.0. The zero-order chi connectivity index (χ0) is 17.3. The summed E-state index contributed by atoms with van der Waals surface area (Å²) < 4.78 is 8.19. The molecule has 26 heavy (non-hydrogen) atoms. The Morgan fingerprint density at radius 1 is 0.654 bits per heavy atom. The van der Waals surface area contributed by atoms with Gasteiger partial charge in [0.1, 0.15) is 17.1 Å². The second-order valence-corrected chi connectivity index (χ2v) is 6.14. The monoisotopic (exact) mass is 336 g/mol. The summed E-state index contributed by atoms with van der Waals surface area (Å²) in [6.45, 7) is 0. The number of nitrogens with zero attached hydrogens (tertiary/aromatic N) is 2. The highest BCUT2D eigenvalue weighted by molar-refractivity contribution is 6.07. The second kappa shape index (κ2) is 6.05. The SMILES string of the molecule is c1ccc(Oc2cccc(-n3c4ccccc4c4cccnc43)c2)cc1. The molecule has 3 nitrogen and oxygen atoms in total. The van der Waals surface area contributed by atoms with Crippen LogP contribution in [0.5, 0.6) is 11.5 Å². The Morgan fingerprint density at radius 3 is 2.35 bits per heavy atom. The van der Waals surface area contributed by atoms with E-state index in [9.17, 15) is 0 Å². The number of benzene rings is 3. The van der Waals surface area contributed by atoms with Crippen LogP contribution in [0, 0.1) is 0 Å². The molecule has 2 heterocycles. The fourth-order valence-corrected chi connectivity index (χ4v) is 3.37. The molecule has 5 rings (SSSR count). The molecule has 0 saturated heterocycles. The van der Waals surface area contributed by atoms with Crippen LogP contribution in [0.1, 0.15) is 0 Å². The molecule has 0 aliphatic heterocycles. The molecule has 0 saturated carbocycles. The standard InChI is InChI=1S/C23H16N2O/c1-2-9-18(10-3-1)26-19-11-6-8-17(16-19)25-22-14-5-4-12-20(22)21-13-7-15-24-23(21)25/h1-16H. The van der Waals surface area contributed by atoms with Crippen LogP contribution in [0.3, 0.4) is 0 Å². The molecule has 5 aromatic rings. The Balaban J connectivity index is 1.69. The van der Waals surface area contributed by atoms with Gasteiger partial charge in [-0.15, -0.1) is 0 Å². The van der Waals surface area contributed by atoms with Crippen molar-refractivity contribution >= 4 is 21.9 Å². The van der Waals surface area contributed by atoms with E-state index >= 15 is 0 Å². The van der Waals surface area contributed by atoms with Crippen LogP contribution < -0.4 is 4.74 Å². The quantitative estimate of drug-likeness (QED) is 0.406. The molecule has 0 aliphatic carbocycles. The molecule has 0 N–H and O–H groups in total. The average molecular weight is 336 g/mol. The minimum Gasteiger partial charge on any atom is -0.457 e. The van der Waals surface area contributed by atoms with Gasteiger partial charge in [-0.05, 0) is 42.5 Å². The van der Waals surface area contributed by atoms with Crippen molar-refractivity contribution < 1.29 is 4.74 Å². The third-order valence-electron chi connectivity index (χ3n) is 4.49. The van der Waals surface area contributed by atoms with Gasteiger partial charge >= 0.3 is 0 Å². The van der Waals surface area contributed by atoms with E-state index in [-0.39, 0.29) is 0 Å². The van der Waals surface area contributed by atoms with Gasteiger partial charge in [-0.25, -0.2) is 4.98 Å². The first-order valence-electron chi connectivity index (χ1n) is 8.58. The number of ether oxygens (including phenoxy) is 1. The summed E-state index contributed by atoms with van der Waals surface area (Å²) in [5, 5.41) is 2.35. The van der Waals surface area contributed by atoms with Crippen molar-refractivity contribution in [1.82, 2.24) is 9.55 Å². The van der Waals surface area contributed by atoms with E-state index in [2.05, 4.69) is 45.9 Å². The molecule has 0 unspecified atom stereocenters. The van der Waals surface area contributed by atoms with E-state index in [1.54, 1.807) is 0 Å². The number of hydrogen-bond acceptors (Lipinski definition) is 2. The van der Waals surface area contributed by atoms with Crippen LogP contribution >= 0.6 is 0 Å². The predicted molar refractivity (Wildman–Crippen MR) is 105 cm³/mol. The highest BCUT2D eigenvalue weighted by atomic mass is 16.5. The van der Waals surface area contributed by atoms with Gasteiger partial charge < -0.3 is 4.74 Å². The summed E-state index contributed by atoms with van der Waals surface area (Å²) in [6, 6.07) is 30.4. The first kappa shape index (κ1) is 14.7. The summed E-state index contributed by atoms with van der Waals surface area (Å²) in [7, 11) is 0. The molecular formula is C23H16N2O. The molecule has 0 bridgehead atoms. The van der Waals surface area contributed by atoms with E-state index in [0.717, 1.165) is 33.7 Å². The Labute approximate surface area is 151 Å². The molecule has 0 fully saturated rings. The first-order valence-corrected chi connectivity index (χ1v) is 8.58. The number of pyridine rings is 1. The van der Waals surface area contributed by atoms with Crippen LogP contribution in [-0.2, 0) is 0 Å². The molecule has 0 radical (unpaired) electrons. The Hall–Kier alpha value is -3.59. The Morgan fingerprint density at radius 2 is 1.42 bits per heavy atom. The van der Waals surface area contributed by atoms with E-state index < -0.39 is 0 Å². The lowest BCUT2D eigenvalue weighted by Gasteiger charge is -2.10. The van der Waals surface area contributed by atoms with Crippen molar-refractivity contribution in [1.29, 1.82) is 0 Å². The van der Waals surface area contributed by atoms with Crippen molar-refractivity contribution in [2.75, 3.05) is 0 Å². The molecule has 0 atom stereocenters. The summed E-state index contributed by atoms with van der Waals surface area (Å²) >= 11 is 0. The molecule has 0 amide bonds. The van der Waals surface area contributed by atoms with Gasteiger partial charge in [-0.2, -0.15) is 0 Å². The molecule has 2 aromatic heterocycles. The molecule has 124 valence electrons. The maximum Gasteiger partial charge on any atom is 0.145 e. The Kier molecular flexibility index (Phi) is 3.42. The molecule has 3 aromatic carbocycles. The van der Waals surface area contributed by atoms with Crippen LogP contribution in [0.15, 0.2) is 97.2 Å². The van der Waals surface area contributed by atoms with Gasteiger partial charge in [0.25, 0.3) is 0 Å². The van der Waals surface area contributed by atoms with Gasteiger partial charge in [-0.3, -0.25) is 4.57 Å². The lowest BCUT2D eigenvalue weighted by Crippen LogP contribution is -1.95. The maximum absolute atomic E-state index is 6.01. The lowest BCUT2D eigenvalue weighted by atomic mass is 10.2. The predicted octanol–water partition coefficient (Wildman–Crippen LogP) is 5.97. The number of hydrogen-bond donors (Lipinski definition) is 0. The maximum atomic E-state index is 6.01. The third kappa shape index (κ3) is 2.42. The van der Waals surface area contributed by atoms with Crippen LogP contribution in [0.2, 0.25) is 0 Å². The Bertz CT molecular complexity index is 1160.